The fourth-order valence-electron chi connectivity index (χ4n) is 3.36. The Morgan fingerprint density at radius 2 is 1.93 bits per heavy atom. The molecule has 0 saturated carbocycles. The minimum atomic E-state index is -0.367. The molecule has 4 rings (SSSR count). The van der Waals surface area contributed by atoms with Crippen molar-refractivity contribution in [3.63, 3.8) is 0 Å². The summed E-state index contributed by atoms with van der Waals surface area (Å²) in [5.41, 5.74) is 3.93. The maximum Gasteiger partial charge on any atom is 0.286 e. The number of carbonyl (C=O) groups excluding carboxylic acids is 2. The molecule has 1 aliphatic heterocycles. The third-order valence-corrected chi connectivity index (χ3v) is 5.61. The molecule has 2 aromatic carbocycles. The summed E-state index contributed by atoms with van der Waals surface area (Å²) in [6.45, 7) is 3.96. The Kier molecular flexibility index (Phi) is 5.07. The predicted molar refractivity (Wildman–Crippen MR) is 114 cm³/mol. The summed E-state index contributed by atoms with van der Waals surface area (Å²) in [5, 5.41) is 3.87. The number of para-hydroxylation sites is 1. The number of aromatic nitrogens is 1. The van der Waals surface area contributed by atoms with Crippen molar-refractivity contribution in [2.45, 2.75) is 20.4 Å². The highest BCUT2D eigenvalue weighted by Gasteiger charge is 2.24. The van der Waals surface area contributed by atoms with Crippen LogP contribution in [0.4, 0.5) is 4.39 Å². The van der Waals surface area contributed by atoms with E-state index in [1.165, 1.54) is 19.1 Å². The van der Waals surface area contributed by atoms with Gasteiger partial charge in [-0.2, -0.15) is 4.99 Å². The summed E-state index contributed by atoms with van der Waals surface area (Å²) < 4.78 is 15.4. The second-order valence-corrected chi connectivity index (χ2v) is 7.77. The third kappa shape index (κ3) is 3.86. The number of fused-ring (bicyclic) bond motifs is 1. The van der Waals surface area contributed by atoms with Crippen LogP contribution in [0.15, 0.2) is 58.4 Å². The van der Waals surface area contributed by atoms with Crippen molar-refractivity contribution in [1.29, 1.82) is 0 Å². The number of carbonyl (C=O) groups is 2. The van der Waals surface area contributed by atoms with Crippen molar-refractivity contribution < 1.29 is 14.0 Å². The van der Waals surface area contributed by atoms with Gasteiger partial charge in [0.05, 0.1) is 4.91 Å². The molecule has 0 aliphatic carbocycles. The average molecular weight is 407 g/mol. The molecule has 3 aromatic rings. The zero-order valence-electron chi connectivity index (χ0n) is 15.9. The van der Waals surface area contributed by atoms with Gasteiger partial charge in [-0.3, -0.25) is 9.59 Å². The monoisotopic (exact) mass is 407 g/mol. The topological polar surface area (TPSA) is 63.5 Å². The number of thioether (sulfide) groups is 1. The molecule has 2 amide bonds. The molecular formula is C22H18FN3O2S. The highest BCUT2D eigenvalue weighted by molar-refractivity contribution is 8.18. The maximum atomic E-state index is 13.3. The van der Waals surface area contributed by atoms with E-state index in [-0.39, 0.29) is 17.6 Å². The molecule has 5 nitrogen and oxygen atoms in total. The van der Waals surface area contributed by atoms with E-state index in [1.54, 1.807) is 12.1 Å². The molecule has 0 unspecified atom stereocenters. The Morgan fingerprint density at radius 3 is 2.66 bits per heavy atom. The number of benzene rings is 2. The van der Waals surface area contributed by atoms with E-state index in [4.69, 9.17) is 0 Å². The van der Waals surface area contributed by atoms with Crippen LogP contribution in [0.1, 0.15) is 23.7 Å². The molecule has 0 atom stereocenters. The van der Waals surface area contributed by atoms with Gasteiger partial charge in [0.15, 0.2) is 5.17 Å². The van der Waals surface area contributed by atoms with E-state index < -0.39 is 0 Å². The van der Waals surface area contributed by atoms with Gasteiger partial charge in [0, 0.05) is 35.6 Å². The minimum Gasteiger partial charge on any atom is -0.340 e. The van der Waals surface area contributed by atoms with Gasteiger partial charge in [-0.15, -0.1) is 0 Å². The van der Waals surface area contributed by atoms with Crippen LogP contribution in [-0.4, -0.2) is 21.5 Å². The predicted octanol–water partition coefficient (Wildman–Crippen LogP) is 4.24. The van der Waals surface area contributed by atoms with E-state index >= 15 is 0 Å². The molecule has 0 spiro atoms. The van der Waals surface area contributed by atoms with Crippen LogP contribution < -0.4 is 5.32 Å². The molecule has 0 radical (unpaired) electrons. The van der Waals surface area contributed by atoms with Gasteiger partial charge in [0.2, 0.25) is 5.91 Å². The second kappa shape index (κ2) is 7.67. The van der Waals surface area contributed by atoms with Gasteiger partial charge in [-0.25, -0.2) is 4.39 Å². The first-order chi connectivity index (χ1) is 13.9. The Labute approximate surface area is 171 Å². The standard InChI is InChI=1S/C22H18FN3O2S/c1-13-18(11-20-21(28)25-22(29-20)24-14(2)27)17-5-3-4-6-19(17)26(13)12-15-7-9-16(23)10-8-15/h3-11H,12H2,1-2H3,(H,24,25,27,28)/b20-11-. The van der Waals surface area contributed by atoms with Gasteiger partial charge < -0.3 is 9.88 Å². The maximum absolute atomic E-state index is 13.3. The molecule has 29 heavy (non-hydrogen) atoms. The summed E-state index contributed by atoms with van der Waals surface area (Å²) in [6.07, 6.45) is 1.82. The molecule has 7 heteroatoms. The first-order valence-corrected chi connectivity index (χ1v) is 9.86. The molecular weight excluding hydrogens is 389 g/mol. The lowest BCUT2D eigenvalue weighted by Crippen LogP contribution is -2.23. The fraction of sp³-hybridized carbons (Fsp3) is 0.136. The number of nitrogens with one attached hydrogen (secondary N) is 1. The highest BCUT2D eigenvalue weighted by atomic mass is 32.2. The van der Waals surface area contributed by atoms with Crippen molar-refractivity contribution in [2.75, 3.05) is 0 Å². The summed E-state index contributed by atoms with van der Waals surface area (Å²) >= 11 is 1.15. The quantitative estimate of drug-likeness (QED) is 0.661. The minimum absolute atomic E-state index is 0.264. The Bertz CT molecular complexity index is 1190. The van der Waals surface area contributed by atoms with E-state index in [0.29, 0.717) is 16.6 Å². The SMILES string of the molecule is CC(=O)NC1=NC(=O)/C(=C/c2c(C)n(Cc3ccc(F)cc3)c3ccccc23)S1. The number of rotatable bonds is 3. The number of amidine groups is 1. The lowest BCUT2D eigenvalue weighted by atomic mass is 10.1. The second-order valence-electron chi connectivity index (χ2n) is 6.74. The molecule has 1 N–H and O–H groups in total. The first kappa shape index (κ1) is 19.1. The van der Waals surface area contributed by atoms with Crippen LogP contribution in [0.3, 0.4) is 0 Å². The van der Waals surface area contributed by atoms with Crippen molar-refractivity contribution in [1.82, 2.24) is 9.88 Å². The summed E-state index contributed by atoms with van der Waals surface area (Å²) in [5.74, 6) is -0.897. The molecule has 0 bridgehead atoms. The van der Waals surface area contributed by atoms with Gasteiger partial charge in [-0.05, 0) is 48.5 Å². The van der Waals surface area contributed by atoms with Crippen LogP contribution in [-0.2, 0) is 16.1 Å². The molecule has 146 valence electrons. The smallest absolute Gasteiger partial charge is 0.286 e. The number of hydrogen-bond acceptors (Lipinski definition) is 3. The molecule has 0 fully saturated rings. The van der Waals surface area contributed by atoms with Crippen molar-refractivity contribution in [2.24, 2.45) is 4.99 Å². The average Bonchev–Trinajstić information content (AvgIpc) is 3.15. The summed E-state index contributed by atoms with van der Waals surface area (Å²) in [6, 6.07) is 14.4. The van der Waals surface area contributed by atoms with E-state index in [2.05, 4.69) is 14.9 Å². The van der Waals surface area contributed by atoms with Crippen LogP contribution in [0.5, 0.6) is 0 Å². The lowest BCUT2D eigenvalue weighted by Gasteiger charge is -2.09. The first-order valence-electron chi connectivity index (χ1n) is 9.05. The molecule has 1 aliphatic rings. The Morgan fingerprint density at radius 1 is 1.21 bits per heavy atom. The lowest BCUT2D eigenvalue weighted by molar-refractivity contribution is -0.117. The van der Waals surface area contributed by atoms with E-state index in [1.807, 2.05) is 37.3 Å². The Hall–Kier alpha value is -3.19. The van der Waals surface area contributed by atoms with Crippen LogP contribution >= 0.6 is 11.8 Å². The van der Waals surface area contributed by atoms with Gasteiger partial charge in [0.1, 0.15) is 5.82 Å². The molecule has 0 saturated heterocycles. The van der Waals surface area contributed by atoms with Gasteiger partial charge in [0.25, 0.3) is 5.91 Å². The zero-order valence-corrected chi connectivity index (χ0v) is 16.7. The van der Waals surface area contributed by atoms with Gasteiger partial charge in [-0.1, -0.05) is 30.3 Å². The Balaban J connectivity index is 1.74. The third-order valence-electron chi connectivity index (χ3n) is 4.71. The van der Waals surface area contributed by atoms with Crippen molar-refractivity contribution >= 4 is 45.7 Å². The number of nitrogens with zero attached hydrogens (tertiary/aromatic N) is 2. The summed E-state index contributed by atoms with van der Waals surface area (Å²) in [7, 11) is 0. The highest BCUT2D eigenvalue weighted by Crippen LogP contribution is 2.33. The number of hydrogen-bond donors (Lipinski definition) is 1. The number of aliphatic imine (C=N–C) groups is 1. The van der Waals surface area contributed by atoms with Crippen molar-refractivity contribution in [3.05, 3.63) is 76.1 Å². The van der Waals surface area contributed by atoms with E-state index in [9.17, 15) is 14.0 Å². The number of amides is 2. The fourth-order valence-corrected chi connectivity index (χ4v) is 4.20. The zero-order chi connectivity index (χ0) is 20.5. The molecule has 1 aromatic heterocycles. The normalized spacial score (nSPS) is 15.2. The largest absolute Gasteiger partial charge is 0.340 e. The van der Waals surface area contributed by atoms with Crippen LogP contribution in [0.25, 0.3) is 17.0 Å². The van der Waals surface area contributed by atoms with Gasteiger partial charge >= 0.3 is 0 Å². The number of halogens is 1. The van der Waals surface area contributed by atoms with Crippen molar-refractivity contribution in [3.8, 4) is 0 Å². The summed E-state index contributed by atoms with van der Waals surface area (Å²) in [4.78, 5) is 27.9. The van der Waals surface area contributed by atoms with Crippen LogP contribution in [0, 0.1) is 12.7 Å². The van der Waals surface area contributed by atoms with Crippen LogP contribution in [0.2, 0.25) is 0 Å². The molecule has 2 heterocycles. The van der Waals surface area contributed by atoms with E-state index in [0.717, 1.165) is 39.5 Å².